The number of nitrogens with zero attached hydrogens (tertiary/aromatic N) is 2. The van der Waals surface area contributed by atoms with Crippen molar-refractivity contribution in [2.45, 2.75) is 5.41 Å². The number of para-hydroxylation sites is 3. The van der Waals surface area contributed by atoms with Gasteiger partial charge in [0, 0.05) is 49.7 Å². The molecule has 2 heterocycles. The zero-order chi connectivity index (χ0) is 50.2. The summed E-state index contributed by atoms with van der Waals surface area (Å²) in [7, 11) is 0. The molecule has 76 heavy (non-hydrogen) atoms. The molecule has 0 atom stereocenters. The molecule has 0 unspecified atom stereocenters. The molecular formula is C73H48N2O. The van der Waals surface area contributed by atoms with Crippen molar-refractivity contribution in [2.24, 2.45) is 0 Å². The summed E-state index contributed by atoms with van der Waals surface area (Å²) in [5.74, 6) is 0. The van der Waals surface area contributed by atoms with Crippen molar-refractivity contribution in [3.8, 4) is 50.2 Å². The zero-order valence-electron chi connectivity index (χ0n) is 41.5. The number of anilines is 3. The molecule has 3 nitrogen and oxygen atoms in total. The van der Waals surface area contributed by atoms with Crippen molar-refractivity contribution in [1.29, 1.82) is 0 Å². The summed E-state index contributed by atoms with van der Waals surface area (Å²) in [6.07, 6.45) is 0. The van der Waals surface area contributed by atoms with E-state index in [2.05, 4.69) is 301 Å². The van der Waals surface area contributed by atoms with Crippen LogP contribution in [0.4, 0.5) is 17.1 Å². The fourth-order valence-corrected chi connectivity index (χ4v) is 12.5. The molecule has 2 aromatic heterocycles. The number of aromatic nitrogens is 1. The topological polar surface area (TPSA) is 21.3 Å². The van der Waals surface area contributed by atoms with Gasteiger partial charge in [-0.05, 0) is 122 Å². The summed E-state index contributed by atoms with van der Waals surface area (Å²) in [6, 6.07) is 106. The first-order chi connectivity index (χ1) is 37.7. The molecule has 0 N–H and O–H groups in total. The molecule has 1 aliphatic carbocycles. The average Bonchev–Trinajstić information content (AvgIpc) is 4.17. The van der Waals surface area contributed by atoms with E-state index in [1.165, 1.54) is 55.2 Å². The van der Waals surface area contributed by atoms with Gasteiger partial charge in [-0.25, -0.2) is 0 Å². The fourth-order valence-electron chi connectivity index (χ4n) is 12.5. The van der Waals surface area contributed by atoms with Gasteiger partial charge < -0.3 is 13.9 Å². The largest absolute Gasteiger partial charge is 0.455 e. The van der Waals surface area contributed by atoms with Crippen molar-refractivity contribution in [1.82, 2.24) is 4.57 Å². The Morgan fingerprint density at radius 1 is 0.329 bits per heavy atom. The molecule has 0 amide bonds. The van der Waals surface area contributed by atoms with Crippen molar-refractivity contribution < 1.29 is 4.42 Å². The highest BCUT2D eigenvalue weighted by atomic mass is 16.3. The first-order valence-electron chi connectivity index (χ1n) is 26.2. The standard InChI is InChI=1S/C73H48N2O/c1-4-19-51(20-5-1)59-30-17-31-62-64-48-53(41-46-70(64)76-72(59)62)50-39-44-57(45-40-50)74(56-42-37-49(38-43-56)52-21-16-26-58(47-52)75-67-34-14-11-27-60(67)61-28-12-15-35-68(61)75)69-36-18-33-66-71(69)63-29-10-13-32-65(63)73(66,54-22-6-2-7-23-54)55-24-8-3-9-25-55/h1-48H. The predicted molar refractivity (Wildman–Crippen MR) is 316 cm³/mol. The van der Waals surface area contributed by atoms with Gasteiger partial charge in [0.2, 0.25) is 0 Å². The lowest BCUT2D eigenvalue weighted by molar-refractivity contribution is 0.670. The van der Waals surface area contributed by atoms with Crippen molar-refractivity contribution in [2.75, 3.05) is 4.90 Å². The minimum atomic E-state index is -0.539. The Labute approximate surface area is 441 Å². The summed E-state index contributed by atoms with van der Waals surface area (Å²) < 4.78 is 8.99. The number of hydrogen-bond acceptors (Lipinski definition) is 2. The van der Waals surface area contributed by atoms with Gasteiger partial charge in [-0.1, -0.05) is 224 Å². The Morgan fingerprint density at radius 3 is 1.50 bits per heavy atom. The van der Waals surface area contributed by atoms with Gasteiger partial charge in [-0.3, -0.25) is 0 Å². The number of rotatable bonds is 9. The van der Waals surface area contributed by atoms with Gasteiger partial charge in [-0.15, -0.1) is 0 Å². The fraction of sp³-hybridized carbons (Fsp3) is 0.0137. The highest BCUT2D eigenvalue weighted by Crippen LogP contribution is 2.59. The van der Waals surface area contributed by atoms with Crippen LogP contribution in [0, 0.1) is 0 Å². The predicted octanol–water partition coefficient (Wildman–Crippen LogP) is 19.5. The Kier molecular flexibility index (Phi) is 10.1. The Morgan fingerprint density at radius 2 is 0.829 bits per heavy atom. The van der Waals surface area contributed by atoms with Crippen molar-refractivity contribution >= 4 is 60.8 Å². The van der Waals surface area contributed by atoms with Gasteiger partial charge in [0.25, 0.3) is 0 Å². The maximum Gasteiger partial charge on any atom is 0.143 e. The van der Waals surface area contributed by atoms with Gasteiger partial charge in [0.1, 0.15) is 11.2 Å². The highest BCUT2D eigenvalue weighted by Gasteiger charge is 2.47. The number of furan rings is 1. The summed E-state index contributed by atoms with van der Waals surface area (Å²) in [4.78, 5) is 2.46. The Balaban J connectivity index is 0.880. The lowest BCUT2D eigenvalue weighted by Gasteiger charge is -2.34. The van der Waals surface area contributed by atoms with Crippen molar-refractivity contribution in [3.05, 3.63) is 313 Å². The third kappa shape index (κ3) is 6.76. The maximum absolute atomic E-state index is 6.59. The van der Waals surface area contributed by atoms with Crippen LogP contribution in [0.2, 0.25) is 0 Å². The minimum Gasteiger partial charge on any atom is -0.455 e. The SMILES string of the molecule is c1ccc(-c2cccc3c2oc2ccc(-c4ccc(N(c5ccc(-c6cccc(-n7c8ccccc8c8ccccc87)c6)cc5)c5cccc6c5-c5ccccc5C6(c5ccccc5)c5ccccc5)cc4)cc23)cc1. The van der Waals surface area contributed by atoms with E-state index in [9.17, 15) is 0 Å². The second-order valence-corrected chi connectivity index (χ2v) is 19.9. The third-order valence-corrected chi connectivity index (χ3v) is 15.9. The molecule has 0 saturated carbocycles. The lowest BCUT2D eigenvalue weighted by atomic mass is 9.68. The van der Waals surface area contributed by atoms with Crippen LogP contribution in [0.3, 0.4) is 0 Å². The monoisotopic (exact) mass is 968 g/mol. The second kappa shape index (κ2) is 17.6. The molecular weight excluding hydrogens is 921 g/mol. The van der Waals surface area contributed by atoms with E-state index in [1.54, 1.807) is 0 Å². The molecule has 356 valence electrons. The van der Waals surface area contributed by atoms with Gasteiger partial charge >= 0.3 is 0 Å². The molecule has 0 spiro atoms. The van der Waals surface area contributed by atoms with Crippen LogP contribution in [0.25, 0.3) is 93.9 Å². The van der Waals surface area contributed by atoms with E-state index in [0.29, 0.717) is 0 Å². The highest BCUT2D eigenvalue weighted by molar-refractivity contribution is 6.11. The van der Waals surface area contributed by atoms with Crippen LogP contribution in [0.5, 0.6) is 0 Å². The summed E-state index contributed by atoms with van der Waals surface area (Å²) in [5, 5.41) is 4.73. The summed E-state index contributed by atoms with van der Waals surface area (Å²) in [6.45, 7) is 0. The molecule has 0 aliphatic heterocycles. The van der Waals surface area contributed by atoms with E-state index in [0.717, 1.165) is 78.1 Å². The molecule has 14 aromatic rings. The molecule has 12 aromatic carbocycles. The van der Waals surface area contributed by atoms with Crippen LogP contribution in [0.15, 0.2) is 296 Å². The van der Waals surface area contributed by atoms with Gasteiger partial charge in [0.15, 0.2) is 0 Å². The molecule has 0 bridgehead atoms. The van der Waals surface area contributed by atoms with Crippen LogP contribution in [-0.2, 0) is 5.41 Å². The molecule has 3 heteroatoms. The minimum absolute atomic E-state index is 0.539. The number of fused-ring (bicyclic) bond motifs is 9. The molecule has 0 radical (unpaired) electrons. The zero-order valence-corrected chi connectivity index (χ0v) is 41.5. The number of hydrogen-bond donors (Lipinski definition) is 0. The van der Waals surface area contributed by atoms with E-state index in [-0.39, 0.29) is 0 Å². The maximum atomic E-state index is 6.59. The molecule has 1 aliphatic rings. The first-order valence-corrected chi connectivity index (χ1v) is 26.2. The number of benzene rings is 12. The average molecular weight is 969 g/mol. The van der Waals surface area contributed by atoms with Crippen LogP contribution < -0.4 is 4.90 Å². The first kappa shape index (κ1) is 43.6. The Hall–Kier alpha value is -9.96. The molecule has 0 fully saturated rings. The van der Waals surface area contributed by atoms with Gasteiger partial charge in [-0.2, -0.15) is 0 Å². The molecule has 0 saturated heterocycles. The van der Waals surface area contributed by atoms with E-state index in [1.807, 2.05) is 0 Å². The van der Waals surface area contributed by atoms with Crippen molar-refractivity contribution in [3.63, 3.8) is 0 Å². The second-order valence-electron chi connectivity index (χ2n) is 19.9. The summed E-state index contributed by atoms with van der Waals surface area (Å²) >= 11 is 0. The molecule has 15 rings (SSSR count). The summed E-state index contributed by atoms with van der Waals surface area (Å²) in [5.41, 5.74) is 22.3. The van der Waals surface area contributed by atoms with E-state index < -0.39 is 5.41 Å². The van der Waals surface area contributed by atoms with Crippen LogP contribution >= 0.6 is 0 Å². The van der Waals surface area contributed by atoms with Crippen LogP contribution in [0.1, 0.15) is 22.3 Å². The van der Waals surface area contributed by atoms with Gasteiger partial charge in [0.05, 0.1) is 22.1 Å². The third-order valence-electron chi connectivity index (χ3n) is 15.9. The van der Waals surface area contributed by atoms with Crippen LogP contribution in [-0.4, -0.2) is 4.57 Å². The lowest BCUT2D eigenvalue weighted by Crippen LogP contribution is -2.28. The quantitative estimate of drug-likeness (QED) is 0.144. The van der Waals surface area contributed by atoms with E-state index in [4.69, 9.17) is 4.42 Å². The smallest absolute Gasteiger partial charge is 0.143 e. The van der Waals surface area contributed by atoms with E-state index >= 15 is 0 Å². The Bertz CT molecular complexity index is 4400. The normalized spacial score (nSPS) is 12.6.